The van der Waals surface area contributed by atoms with Gasteiger partial charge in [-0.3, -0.25) is 9.69 Å². The molecule has 110 valence electrons. The Balaban J connectivity index is 1.55. The van der Waals surface area contributed by atoms with Gasteiger partial charge in [-0.1, -0.05) is 0 Å². The maximum Gasteiger partial charge on any atom is 0.229 e. The zero-order chi connectivity index (χ0) is 14.1. The van der Waals surface area contributed by atoms with Crippen LogP contribution in [0.3, 0.4) is 0 Å². The first-order chi connectivity index (χ1) is 9.60. The Morgan fingerprint density at radius 1 is 1.45 bits per heavy atom. The van der Waals surface area contributed by atoms with Crippen LogP contribution in [0.4, 0.5) is 5.13 Å². The molecule has 2 unspecified atom stereocenters. The summed E-state index contributed by atoms with van der Waals surface area (Å²) in [5.41, 5.74) is 1.03. The van der Waals surface area contributed by atoms with Crippen molar-refractivity contribution in [1.82, 2.24) is 9.88 Å². The van der Waals surface area contributed by atoms with Gasteiger partial charge in [0.2, 0.25) is 5.91 Å². The summed E-state index contributed by atoms with van der Waals surface area (Å²) >= 11 is 1.51. The fraction of sp³-hybridized carbons (Fsp3) is 0.714. The second kappa shape index (κ2) is 5.79. The van der Waals surface area contributed by atoms with Crippen molar-refractivity contribution in [2.24, 2.45) is 5.92 Å². The first-order valence-corrected chi connectivity index (χ1v) is 8.11. The van der Waals surface area contributed by atoms with Crippen LogP contribution >= 0.6 is 11.3 Å². The second-order valence-electron chi connectivity index (χ2n) is 5.86. The van der Waals surface area contributed by atoms with Gasteiger partial charge in [-0.25, -0.2) is 4.98 Å². The van der Waals surface area contributed by atoms with E-state index in [1.807, 2.05) is 5.38 Å². The molecule has 0 aromatic carbocycles. The quantitative estimate of drug-likeness (QED) is 0.924. The number of nitrogens with one attached hydrogen (secondary N) is 1. The molecule has 2 aliphatic rings. The number of anilines is 1. The van der Waals surface area contributed by atoms with Gasteiger partial charge in [0.1, 0.15) is 0 Å². The van der Waals surface area contributed by atoms with Crippen molar-refractivity contribution in [3.05, 3.63) is 11.1 Å². The minimum absolute atomic E-state index is 0.125. The van der Waals surface area contributed by atoms with Crippen LogP contribution in [0.1, 0.15) is 32.4 Å². The number of carbonyl (C=O) groups excluding carboxylic acids is 1. The van der Waals surface area contributed by atoms with Gasteiger partial charge < -0.3 is 10.1 Å². The number of aromatic nitrogens is 1. The van der Waals surface area contributed by atoms with Crippen LogP contribution in [0.5, 0.6) is 0 Å². The third-order valence-electron chi connectivity index (χ3n) is 3.61. The monoisotopic (exact) mass is 295 g/mol. The van der Waals surface area contributed by atoms with E-state index in [0.29, 0.717) is 0 Å². The summed E-state index contributed by atoms with van der Waals surface area (Å²) in [6.45, 7) is 6.90. The average Bonchev–Trinajstić information content (AvgIpc) is 3.12. The molecule has 1 amide bonds. The minimum atomic E-state index is 0.125. The summed E-state index contributed by atoms with van der Waals surface area (Å²) in [4.78, 5) is 18.6. The van der Waals surface area contributed by atoms with Crippen LogP contribution < -0.4 is 5.32 Å². The number of hydrogen-bond donors (Lipinski definition) is 1. The summed E-state index contributed by atoms with van der Waals surface area (Å²) in [5, 5.41) is 5.67. The molecule has 1 saturated carbocycles. The predicted octanol–water partition coefficient (Wildman–Crippen LogP) is 2.10. The summed E-state index contributed by atoms with van der Waals surface area (Å²) < 4.78 is 5.73. The Kier molecular flexibility index (Phi) is 4.05. The van der Waals surface area contributed by atoms with E-state index in [0.717, 1.165) is 43.3 Å². The van der Waals surface area contributed by atoms with Gasteiger partial charge in [0.15, 0.2) is 5.13 Å². The Bertz CT molecular complexity index is 477. The topological polar surface area (TPSA) is 54.5 Å². The SMILES string of the molecule is CC1CN(Cc2csc(NC(=O)C3CC3)n2)CC(C)O1. The van der Waals surface area contributed by atoms with E-state index in [1.165, 1.54) is 11.3 Å². The zero-order valence-corrected chi connectivity index (χ0v) is 12.8. The van der Waals surface area contributed by atoms with Crippen LogP contribution in [0.2, 0.25) is 0 Å². The number of hydrogen-bond acceptors (Lipinski definition) is 5. The molecule has 20 heavy (non-hydrogen) atoms. The van der Waals surface area contributed by atoms with Gasteiger partial charge in [0.25, 0.3) is 0 Å². The van der Waals surface area contributed by atoms with Crippen molar-refractivity contribution in [3.63, 3.8) is 0 Å². The molecule has 2 heterocycles. The van der Waals surface area contributed by atoms with E-state index in [-0.39, 0.29) is 24.0 Å². The highest BCUT2D eigenvalue weighted by Gasteiger charge is 2.30. The summed E-state index contributed by atoms with van der Waals surface area (Å²) in [6, 6.07) is 0. The van der Waals surface area contributed by atoms with E-state index < -0.39 is 0 Å². The molecular weight excluding hydrogens is 274 g/mol. The summed E-state index contributed by atoms with van der Waals surface area (Å²) in [7, 11) is 0. The van der Waals surface area contributed by atoms with E-state index in [1.54, 1.807) is 0 Å². The summed E-state index contributed by atoms with van der Waals surface area (Å²) in [6.07, 6.45) is 2.58. The molecule has 1 N–H and O–H groups in total. The molecule has 6 heteroatoms. The highest BCUT2D eigenvalue weighted by Crippen LogP contribution is 2.30. The van der Waals surface area contributed by atoms with Gasteiger partial charge in [0.05, 0.1) is 17.9 Å². The normalized spacial score (nSPS) is 27.5. The minimum Gasteiger partial charge on any atom is -0.373 e. The number of morpholine rings is 1. The largest absolute Gasteiger partial charge is 0.373 e. The Morgan fingerprint density at radius 2 is 2.15 bits per heavy atom. The molecule has 1 aliphatic heterocycles. The molecule has 5 nitrogen and oxygen atoms in total. The molecular formula is C14H21N3O2S. The van der Waals surface area contributed by atoms with Crippen molar-refractivity contribution in [1.29, 1.82) is 0 Å². The smallest absolute Gasteiger partial charge is 0.229 e. The number of carbonyl (C=O) groups is 1. The fourth-order valence-corrected chi connectivity index (χ4v) is 3.34. The molecule has 1 saturated heterocycles. The van der Waals surface area contributed by atoms with Crippen LogP contribution in [0.15, 0.2) is 5.38 Å². The van der Waals surface area contributed by atoms with E-state index in [2.05, 4.69) is 29.0 Å². The van der Waals surface area contributed by atoms with Crippen molar-refractivity contribution in [2.45, 2.75) is 45.4 Å². The lowest BCUT2D eigenvalue weighted by Gasteiger charge is -2.34. The number of thiazole rings is 1. The molecule has 1 aromatic rings. The van der Waals surface area contributed by atoms with Crippen LogP contribution in [-0.4, -0.2) is 41.1 Å². The third kappa shape index (κ3) is 3.56. The molecule has 0 spiro atoms. The van der Waals surface area contributed by atoms with Crippen molar-refractivity contribution in [2.75, 3.05) is 18.4 Å². The molecule has 1 aliphatic carbocycles. The molecule has 2 atom stereocenters. The Labute approximate surface area is 123 Å². The van der Waals surface area contributed by atoms with E-state index in [4.69, 9.17) is 4.74 Å². The lowest BCUT2D eigenvalue weighted by atomic mass is 10.2. The van der Waals surface area contributed by atoms with Gasteiger partial charge >= 0.3 is 0 Å². The van der Waals surface area contributed by atoms with E-state index in [9.17, 15) is 4.79 Å². The molecule has 1 aromatic heterocycles. The van der Waals surface area contributed by atoms with Gasteiger partial charge in [0, 0.05) is 30.9 Å². The van der Waals surface area contributed by atoms with Gasteiger partial charge in [-0.15, -0.1) is 11.3 Å². The lowest BCUT2D eigenvalue weighted by Crippen LogP contribution is -2.44. The first kappa shape index (κ1) is 14.0. The number of amides is 1. The fourth-order valence-electron chi connectivity index (χ4n) is 2.63. The van der Waals surface area contributed by atoms with Crippen LogP contribution in [-0.2, 0) is 16.1 Å². The summed E-state index contributed by atoms with van der Waals surface area (Å²) in [5.74, 6) is 0.350. The first-order valence-electron chi connectivity index (χ1n) is 7.23. The average molecular weight is 295 g/mol. The van der Waals surface area contributed by atoms with Crippen LogP contribution in [0.25, 0.3) is 0 Å². The maximum atomic E-state index is 11.7. The Morgan fingerprint density at radius 3 is 2.80 bits per heavy atom. The standard InChI is InChI=1S/C14H21N3O2S/c1-9-5-17(6-10(2)19-9)7-12-8-20-14(15-12)16-13(18)11-3-4-11/h8-11H,3-7H2,1-2H3,(H,15,16,18). The maximum absolute atomic E-state index is 11.7. The third-order valence-corrected chi connectivity index (χ3v) is 4.42. The second-order valence-corrected chi connectivity index (χ2v) is 6.72. The predicted molar refractivity (Wildman–Crippen MR) is 78.8 cm³/mol. The van der Waals surface area contributed by atoms with Crippen molar-refractivity contribution < 1.29 is 9.53 Å². The molecule has 0 radical (unpaired) electrons. The highest BCUT2D eigenvalue weighted by molar-refractivity contribution is 7.13. The van der Waals surface area contributed by atoms with E-state index >= 15 is 0 Å². The molecule has 3 rings (SSSR count). The van der Waals surface area contributed by atoms with Crippen LogP contribution in [0, 0.1) is 5.92 Å². The zero-order valence-electron chi connectivity index (χ0n) is 12.0. The highest BCUT2D eigenvalue weighted by atomic mass is 32.1. The number of ether oxygens (including phenoxy) is 1. The van der Waals surface area contributed by atoms with Gasteiger partial charge in [-0.05, 0) is 26.7 Å². The van der Waals surface area contributed by atoms with Crippen molar-refractivity contribution >= 4 is 22.4 Å². The number of rotatable bonds is 4. The number of nitrogens with zero attached hydrogens (tertiary/aromatic N) is 2. The molecule has 2 fully saturated rings. The lowest BCUT2D eigenvalue weighted by molar-refractivity contribution is -0.117. The molecule has 0 bridgehead atoms. The Hall–Kier alpha value is -0.980. The van der Waals surface area contributed by atoms with Gasteiger partial charge in [-0.2, -0.15) is 0 Å². The van der Waals surface area contributed by atoms with Crippen molar-refractivity contribution in [3.8, 4) is 0 Å².